The highest BCUT2D eigenvalue weighted by Gasteiger charge is 2.09. The molecule has 2 rings (SSSR count). The van der Waals surface area contributed by atoms with Crippen LogP contribution >= 0.6 is 0 Å². The van der Waals surface area contributed by atoms with E-state index in [-0.39, 0.29) is 28.9 Å². The standard InChI is InChI=1S/C17H20O4/c1-11(13-6-8-15(19)17(21)10-13)3-2-4-12-5-7-14(18)16(20)9-12/h5-11,18-21H,2-4H2,1H3. The van der Waals surface area contributed by atoms with Crippen LogP contribution in [0.3, 0.4) is 0 Å². The highest BCUT2D eigenvalue weighted by atomic mass is 16.3. The van der Waals surface area contributed by atoms with Gasteiger partial charge in [-0.2, -0.15) is 0 Å². The molecule has 4 nitrogen and oxygen atoms in total. The van der Waals surface area contributed by atoms with Crippen LogP contribution in [0, 0.1) is 0 Å². The lowest BCUT2D eigenvalue weighted by atomic mass is 9.94. The number of rotatable bonds is 5. The van der Waals surface area contributed by atoms with E-state index in [1.54, 1.807) is 18.2 Å². The summed E-state index contributed by atoms with van der Waals surface area (Å²) in [6.45, 7) is 2.07. The van der Waals surface area contributed by atoms with Gasteiger partial charge in [-0.05, 0) is 60.6 Å². The third-order valence-electron chi connectivity index (χ3n) is 3.71. The molecule has 0 heterocycles. The normalized spacial score (nSPS) is 12.2. The van der Waals surface area contributed by atoms with Gasteiger partial charge in [-0.1, -0.05) is 19.1 Å². The Morgan fingerprint density at radius 3 is 2.05 bits per heavy atom. The smallest absolute Gasteiger partial charge is 0.157 e. The Bertz CT molecular complexity index is 622. The van der Waals surface area contributed by atoms with Gasteiger partial charge in [-0.3, -0.25) is 0 Å². The Labute approximate surface area is 123 Å². The lowest BCUT2D eigenvalue weighted by molar-refractivity contribution is 0.402. The molecule has 2 aromatic rings. The largest absolute Gasteiger partial charge is 0.504 e. The molecule has 0 saturated heterocycles. The molecule has 2 aromatic carbocycles. The topological polar surface area (TPSA) is 80.9 Å². The van der Waals surface area contributed by atoms with Crippen LogP contribution in [0.2, 0.25) is 0 Å². The maximum absolute atomic E-state index is 9.51. The lowest BCUT2D eigenvalue weighted by Crippen LogP contribution is -1.95. The van der Waals surface area contributed by atoms with Gasteiger partial charge in [0, 0.05) is 0 Å². The summed E-state index contributed by atoms with van der Waals surface area (Å²) >= 11 is 0. The zero-order valence-electron chi connectivity index (χ0n) is 12.0. The molecule has 0 aliphatic carbocycles. The first-order valence-corrected chi connectivity index (χ1v) is 7.00. The first kappa shape index (κ1) is 15.0. The van der Waals surface area contributed by atoms with Gasteiger partial charge in [0.05, 0.1) is 0 Å². The average Bonchev–Trinajstić information content (AvgIpc) is 2.45. The van der Waals surface area contributed by atoms with Gasteiger partial charge in [0.2, 0.25) is 0 Å². The molecule has 21 heavy (non-hydrogen) atoms. The van der Waals surface area contributed by atoms with E-state index >= 15 is 0 Å². The third-order valence-corrected chi connectivity index (χ3v) is 3.71. The van der Waals surface area contributed by atoms with Crippen LogP contribution in [0.15, 0.2) is 36.4 Å². The van der Waals surface area contributed by atoms with Crippen LogP contribution < -0.4 is 0 Å². The molecule has 0 saturated carbocycles. The van der Waals surface area contributed by atoms with E-state index in [1.165, 1.54) is 12.1 Å². The Hall–Kier alpha value is -2.36. The van der Waals surface area contributed by atoms with Gasteiger partial charge in [-0.15, -0.1) is 0 Å². The van der Waals surface area contributed by atoms with Crippen LogP contribution in [-0.2, 0) is 6.42 Å². The molecule has 0 aromatic heterocycles. The minimum Gasteiger partial charge on any atom is -0.504 e. The molecule has 112 valence electrons. The number of hydrogen-bond acceptors (Lipinski definition) is 4. The van der Waals surface area contributed by atoms with Crippen molar-refractivity contribution < 1.29 is 20.4 Å². The quantitative estimate of drug-likeness (QED) is 0.633. The number of phenolic OH excluding ortho intramolecular Hbond substituents is 4. The van der Waals surface area contributed by atoms with Crippen molar-refractivity contribution in [1.29, 1.82) is 0 Å². The number of phenols is 4. The Morgan fingerprint density at radius 2 is 1.43 bits per heavy atom. The molecular weight excluding hydrogens is 268 g/mol. The summed E-state index contributed by atoms with van der Waals surface area (Å²) in [5.74, 6) is -0.133. The molecule has 0 aliphatic heterocycles. The van der Waals surface area contributed by atoms with Crippen molar-refractivity contribution in [3.8, 4) is 23.0 Å². The number of hydrogen-bond donors (Lipinski definition) is 4. The van der Waals surface area contributed by atoms with Crippen molar-refractivity contribution in [2.24, 2.45) is 0 Å². The molecule has 1 atom stereocenters. The molecule has 0 amide bonds. The predicted octanol–water partition coefficient (Wildman–Crippen LogP) is 3.64. The van der Waals surface area contributed by atoms with Gasteiger partial charge in [0.1, 0.15) is 0 Å². The molecule has 4 heteroatoms. The zero-order valence-corrected chi connectivity index (χ0v) is 12.0. The maximum Gasteiger partial charge on any atom is 0.157 e. The summed E-state index contributed by atoms with van der Waals surface area (Å²) in [6.07, 6.45) is 2.65. The summed E-state index contributed by atoms with van der Waals surface area (Å²) in [5.41, 5.74) is 1.96. The fourth-order valence-corrected chi connectivity index (χ4v) is 2.35. The third kappa shape index (κ3) is 3.81. The molecule has 0 radical (unpaired) electrons. The van der Waals surface area contributed by atoms with Crippen LogP contribution in [0.1, 0.15) is 36.8 Å². The van der Waals surface area contributed by atoms with Crippen LogP contribution in [-0.4, -0.2) is 20.4 Å². The highest BCUT2D eigenvalue weighted by molar-refractivity contribution is 5.42. The van der Waals surface area contributed by atoms with Crippen molar-refractivity contribution >= 4 is 0 Å². The minimum atomic E-state index is -0.106. The van der Waals surface area contributed by atoms with E-state index in [1.807, 2.05) is 6.07 Å². The predicted molar refractivity (Wildman–Crippen MR) is 80.9 cm³/mol. The first-order valence-electron chi connectivity index (χ1n) is 7.00. The summed E-state index contributed by atoms with van der Waals surface area (Å²) < 4.78 is 0. The zero-order chi connectivity index (χ0) is 15.4. The van der Waals surface area contributed by atoms with E-state index in [0.717, 1.165) is 30.4 Å². The summed E-state index contributed by atoms with van der Waals surface area (Å²) in [5, 5.41) is 37.5. The Kier molecular flexibility index (Phi) is 4.58. The molecule has 1 unspecified atom stereocenters. The molecule has 0 fully saturated rings. The Morgan fingerprint density at radius 1 is 0.810 bits per heavy atom. The maximum atomic E-state index is 9.51. The summed E-state index contributed by atoms with van der Waals surface area (Å²) in [6, 6.07) is 9.77. The van der Waals surface area contributed by atoms with Crippen molar-refractivity contribution in [3.63, 3.8) is 0 Å². The van der Waals surface area contributed by atoms with E-state index in [0.29, 0.717) is 0 Å². The van der Waals surface area contributed by atoms with Gasteiger partial charge < -0.3 is 20.4 Å². The first-order chi connectivity index (χ1) is 9.97. The molecule has 4 N–H and O–H groups in total. The second kappa shape index (κ2) is 6.39. The van der Waals surface area contributed by atoms with Crippen molar-refractivity contribution in [2.75, 3.05) is 0 Å². The van der Waals surface area contributed by atoms with E-state index in [4.69, 9.17) is 0 Å². The monoisotopic (exact) mass is 288 g/mol. The fraction of sp³-hybridized carbons (Fsp3) is 0.294. The van der Waals surface area contributed by atoms with Gasteiger partial charge in [0.15, 0.2) is 23.0 Å². The number of benzene rings is 2. The molecule has 0 spiro atoms. The van der Waals surface area contributed by atoms with E-state index in [2.05, 4.69) is 6.92 Å². The molecular formula is C17H20O4. The van der Waals surface area contributed by atoms with Crippen LogP contribution in [0.5, 0.6) is 23.0 Å². The highest BCUT2D eigenvalue weighted by Crippen LogP contribution is 2.31. The van der Waals surface area contributed by atoms with Crippen molar-refractivity contribution in [1.82, 2.24) is 0 Å². The van der Waals surface area contributed by atoms with E-state index < -0.39 is 0 Å². The van der Waals surface area contributed by atoms with E-state index in [9.17, 15) is 20.4 Å². The van der Waals surface area contributed by atoms with Crippen LogP contribution in [0.4, 0.5) is 0 Å². The second-order valence-electron chi connectivity index (χ2n) is 5.36. The Balaban J connectivity index is 1.90. The van der Waals surface area contributed by atoms with Gasteiger partial charge >= 0.3 is 0 Å². The SMILES string of the molecule is CC(CCCc1ccc(O)c(O)c1)c1ccc(O)c(O)c1. The fourth-order valence-electron chi connectivity index (χ4n) is 2.35. The summed E-state index contributed by atoms with van der Waals surface area (Å²) in [4.78, 5) is 0. The van der Waals surface area contributed by atoms with Gasteiger partial charge in [-0.25, -0.2) is 0 Å². The number of aryl methyl sites for hydroxylation is 1. The minimum absolute atomic E-state index is 0.0935. The lowest BCUT2D eigenvalue weighted by Gasteiger charge is -2.13. The van der Waals surface area contributed by atoms with Crippen molar-refractivity contribution in [3.05, 3.63) is 47.5 Å². The number of aromatic hydroxyl groups is 4. The summed E-state index contributed by atoms with van der Waals surface area (Å²) in [7, 11) is 0. The van der Waals surface area contributed by atoms with Crippen LogP contribution in [0.25, 0.3) is 0 Å². The van der Waals surface area contributed by atoms with Gasteiger partial charge in [0.25, 0.3) is 0 Å². The molecule has 0 bridgehead atoms. The average molecular weight is 288 g/mol. The second-order valence-corrected chi connectivity index (χ2v) is 5.36. The van der Waals surface area contributed by atoms with Crippen molar-refractivity contribution in [2.45, 2.75) is 32.1 Å². The molecule has 0 aliphatic rings.